The fraction of sp³-hybridized carbons (Fsp3) is 0.889. The van der Waals surface area contributed by atoms with Crippen LogP contribution in [-0.2, 0) is 32.7 Å². The van der Waals surface area contributed by atoms with Crippen LogP contribution in [0.2, 0.25) is 0 Å². The van der Waals surface area contributed by atoms with E-state index in [4.69, 9.17) is 19.1 Å². The van der Waals surface area contributed by atoms with E-state index in [0.29, 0.717) is 12.8 Å². The second-order valence-electron chi connectivity index (χ2n) is 12.6. The number of carbonyl (C=O) groups is 2. The van der Waals surface area contributed by atoms with Crippen molar-refractivity contribution in [2.24, 2.45) is 0 Å². The number of aliphatic hydroxyl groups is 2. The van der Waals surface area contributed by atoms with Gasteiger partial charge in [0.15, 0.2) is 6.10 Å². The molecule has 3 N–H and O–H groups in total. The molecule has 0 heterocycles. The molecule has 10 nitrogen and oxygen atoms in total. The van der Waals surface area contributed by atoms with Crippen molar-refractivity contribution in [3.05, 3.63) is 12.2 Å². The Labute approximate surface area is 286 Å². The van der Waals surface area contributed by atoms with Crippen molar-refractivity contribution < 1.29 is 47.8 Å². The van der Waals surface area contributed by atoms with Gasteiger partial charge in [0.05, 0.1) is 19.8 Å². The number of ether oxygens (including phenoxy) is 2. The number of phosphoric acid groups is 1. The van der Waals surface area contributed by atoms with Crippen LogP contribution in [0.4, 0.5) is 0 Å². The van der Waals surface area contributed by atoms with Gasteiger partial charge in [-0.05, 0) is 32.1 Å². The number of esters is 2. The molecule has 0 aromatic carbocycles. The molecule has 0 radical (unpaired) electrons. The van der Waals surface area contributed by atoms with Crippen LogP contribution >= 0.6 is 7.82 Å². The minimum atomic E-state index is -4.60. The van der Waals surface area contributed by atoms with Crippen LogP contribution in [0, 0.1) is 0 Å². The van der Waals surface area contributed by atoms with E-state index in [-0.39, 0.29) is 19.4 Å². The molecular formula is C36H69O10P. The van der Waals surface area contributed by atoms with Gasteiger partial charge in [-0.3, -0.25) is 18.6 Å². The molecular weight excluding hydrogens is 623 g/mol. The zero-order valence-electron chi connectivity index (χ0n) is 29.8. The lowest BCUT2D eigenvalue weighted by Gasteiger charge is -2.20. The van der Waals surface area contributed by atoms with Crippen LogP contribution in [0.25, 0.3) is 0 Å². The van der Waals surface area contributed by atoms with Crippen LogP contribution in [0.15, 0.2) is 12.2 Å². The Hall–Kier alpha value is -1.29. The number of phosphoric ester groups is 1. The third-order valence-corrected chi connectivity index (χ3v) is 8.85. The van der Waals surface area contributed by atoms with Crippen molar-refractivity contribution in [3.63, 3.8) is 0 Å². The predicted molar refractivity (Wildman–Crippen MR) is 187 cm³/mol. The Morgan fingerprint density at radius 3 is 1.62 bits per heavy atom. The highest BCUT2D eigenvalue weighted by molar-refractivity contribution is 7.47. The van der Waals surface area contributed by atoms with Gasteiger partial charge < -0.3 is 24.6 Å². The summed E-state index contributed by atoms with van der Waals surface area (Å²) in [5.41, 5.74) is 0. The summed E-state index contributed by atoms with van der Waals surface area (Å²) in [6, 6.07) is 0. The first-order valence-electron chi connectivity index (χ1n) is 18.6. The number of aliphatic hydroxyl groups excluding tert-OH is 2. The molecule has 3 atom stereocenters. The maximum Gasteiger partial charge on any atom is 0.472 e. The zero-order chi connectivity index (χ0) is 34.9. The number of hydrogen-bond donors (Lipinski definition) is 3. The summed E-state index contributed by atoms with van der Waals surface area (Å²) in [6.07, 6.45) is 27.5. The Morgan fingerprint density at radius 1 is 0.617 bits per heavy atom. The van der Waals surface area contributed by atoms with Crippen LogP contribution in [-0.4, -0.2) is 65.7 Å². The summed E-state index contributed by atoms with van der Waals surface area (Å²) >= 11 is 0. The Morgan fingerprint density at radius 2 is 1.09 bits per heavy atom. The van der Waals surface area contributed by atoms with Gasteiger partial charge in [0.2, 0.25) is 0 Å². The molecule has 0 aliphatic heterocycles. The highest BCUT2D eigenvalue weighted by Gasteiger charge is 2.27. The number of rotatable bonds is 35. The van der Waals surface area contributed by atoms with E-state index in [1.807, 2.05) is 0 Å². The summed E-state index contributed by atoms with van der Waals surface area (Å²) in [7, 11) is -4.60. The molecule has 0 aliphatic carbocycles. The number of hydrogen-bond acceptors (Lipinski definition) is 9. The topological polar surface area (TPSA) is 149 Å². The first kappa shape index (κ1) is 45.7. The lowest BCUT2D eigenvalue weighted by molar-refractivity contribution is -0.161. The molecule has 0 saturated heterocycles. The molecule has 0 saturated carbocycles. The van der Waals surface area contributed by atoms with Crippen molar-refractivity contribution in [2.45, 2.75) is 180 Å². The van der Waals surface area contributed by atoms with Crippen molar-refractivity contribution in [2.75, 3.05) is 26.4 Å². The van der Waals surface area contributed by atoms with Crippen molar-refractivity contribution in [1.82, 2.24) is 0 Å². The Bertz CT molecular complexity index is 807. The Balaban J connectivity index is 4.37. The highest BCUT2D eigenvalue weighted by atomic mass is 31.2. The fourth-order valence-corrected chi connectivity index (χ4v) is 5.78. The Kier molecular flexibility index (Phi) is 32.3. The molecule has 0 aliphatic rings. The largest absolute Gasteiger partial charge is 0.472 e. The molecule has 0 aromatic heterocycles. The monoisotopic (exact) mass is 692 g/mol. The first-order chi connectivity index (χ1) is 22.7. The molecule has 0 amide bonds. The predicted octanol–water partition coefficient (Wildman–Crippen LogP) is 8.89. The molecule has 0 bridgehead atoms. The van der Waals surface area contributed by atoms with E-state index in [1.54, 1.807) is 0 Å². The van der Waals surface area contributed by atoms with Crippen LogP contribution in [0.5, 0.6) is 0 Å². The summed E-state index contributed by atoms with van der Waals surface area (Å²) < 4.78 is 32.5. The lowest BCUT2D eigenvalue weighted by atomic mass is 10.0. The van der Waals surface area contributed by atoms with Gasteiger partial charge in [0.25, 0.3) is 0 Å². The third kappa shape index (κ3) is 33.0. The minimum absolute atomic E-state index is 0.182. The molecule has 0 spiro atoms. The molecule has 1 unspecified atom stereocenters. The molecule has 47 heavy (non-hydrogen) atoms. The van der Waals surface area contributed by atoms with Crippen molar-refractivity contribution in [1.29, 1.82) is 0 Å². The van der Waals surface area contributed by atoms with Gasteiger partial charge in [-0.1, -0.05) is 135 Å². The van der Waals surface area contributed by atoms with E-state index in [9.17, 15) is 24.2 Å². The minimum Gasteiger partial charge on any atom is -0.462 e. The van der Waals surface area contributed by atoms with Gasteiger partial charge in [-0.15, -0.1) is 0 Å². The molecule has 0 aromatic rings. The summed E-state index contributed by atoms with van der Waals surface area (Å²) in [5, 5.41) is 18.2. The average molecular weight is 693 g/mol. The second-order valence-corrected chi connectivity index (χ2v) is 14.1. The van der Waals surface area contributed by atoms with E-state index >= 15 is 0 Å². The van der Waals surface area contributed by atoms with Crippen LogP contribution < -0.4 is 0 Å². The molecule has 278 valence electrons. The first-order valence-corrected chi connectivity index (χ1v) is 20.1. The van der Waals surface area contributed by atoms with Gasteiger partial charge in [0.1, 0.15) is 12.7 Å². The quantitative estimate of drug-likeness (QED) is 0.0254. The number of unbranched alkanes of at least 4 members (excludes halogenated alkanes) is 19. The van der Waals surface area contributed by atoms with E-state index in [1.165, 1.54) is 77.0 Å². The summed E-state index contributed by atoms with van der Waals surface area (Å²) in [4.78, 5) is 34.7. The van der Waals surface area contributed by atoms with E-state index < -0.39 is 51.8 Å². The molecule has 0 fully saturated rings. The zero-order valence-corrected chi connectivity index (χ0v) is 30.6. The molecule has 0 rings (SSSR count). The van der Waals surface area contributed by atoms with Gasteiger partial charge >= 0.3 is 19.8 Å². The second kappa shape index (κ2) is 33.2. The number of allylic oxidation sites excluding steroid dienone is 2. The maximum absolute atomic E-state index is 12.5. The van der Waals surface area contributed by atoms with Gasteiger partial charge in [-0.2, -0.15) is 0 Å². The van der Waals surface area contributed by atoms with Crippen molar-refractivity contribution >= 4 is 19.8 Å². The lowest BCUT2D eigenvalue weighted by Crippen LogP contribution is -2.29. The maximum atomic E-state index is 12.5. The van der Waals surface area contributed by atoms with Crippen LogP contribution in [0.3, 0.4) is 0 Å². The van der Waals surface area contributed by atoms with Gasteiger partial charge in [-0.25, -0.2) is 4.57 Å². The number of carbonyl (C=O) groups excluding carboxylic acids is 2. The highest BCUT2D eigenvalue weighted by Crippen LogP contribution is 2.43. The average Bonchev–Trinajstić information content (AvgIpc) is 3.05. The standard InChI is InChI=1S/C36H69O10P/c1-3-5-7-9-11-13-15-17-19-21-23-25-27-35(39)43-31-34(32-45-47(41,42)44-30-33(38)29-37)46-36(40)28-26-24-22-20-18-16-14-12-10-8-6-4-2/h8,10,33-34,37-38H,3-7,9,11-32H2,1-2H3,(H,41,42)/b10-8-/t33-,34+/m0/s1. The van der Waals surface area contributed by atoms with E-state index in [0.717, 1.165) is 51.4 Å². The normalized spacial score (nSPS) is 14.2. The third-order valence-electron chi connectivity index (χ3n) is 7.90. The SMILES string of the molecule is CCC/C=C\CCCCCCCCCC(=O)O[C@H](COC(=O)CCCCCCCCCCCCCC)COP(=O)(O)OC[C@@H](O)CO. The smallest absolute Gasteiger partial charge is 0.462 e. The van der Waals surface area contributed by atoms with Crippen molar-refractivity contribution in [3.8, 4) is 0 Å². The summed E-state index contributed by atoms with van der Waals surface area (Å²) in [6.45, 7) is 2.31. The summed E-state index contributed by atoms with van der Waals surface area (Å²) in [5.74, 6) is -0.927. The van der Waals surface area contributed by atoms with E-state index in [2.05, 4.69) is 30.5 Å². The molecule has 11 heteroatoms. The fourth-order valence-electron chi connectivity index (χ4n) is 4.99. The van der Waals surface area contributed by atoms with Gasteiger partial charge in [0, 0.05) is 12.8 Å². The van der Waals surface area contributed by atoms with Crippen LogP contribution in [0.1, 0.15) is 168 Å².